The molecule has 1 N–H and O–H groups in total. The number of morpholine rings is 1. The lowest BCUT2D eigenvalue weighted by Gasteiger charge is -2.43. The molecule has 2 bridgehead atoms. The Hall–Kier alpha value is -3.20. The van der Waals surface area contributed by atoms with E-state index < -0.39 is 0 Å². The Bertz CT molecular complexity index is 1400. The summed E-state index contributed by atoms with van der Waals surface area (Å²) in [6, 6.07) is 17.3. The summed E-state index contributed by atoms with van der Waals surface area (Å²) in [5.74, 6) is 0.569. The number of benzene rings is 1. The van der Waals surface area contributed by atoms with Crippen molar-refractivity contribution in [3.8, 4) is 5.75 Å². The van der Waals surface area contributed by atoms with E-state index in [0.717, 1.165) is 49.6 Å². The van der Waals surface area contributed by atoms with Crippen molar-refractivity contribution < 1.29 is 9.84 Å². The number of fused-ring (bicyclic) bond motifs is 4. The molecule has 37 heavy (non-hydrogen) atoms. The molecule has 3 atom stereocenters. The van der Waals surface area contributed by atoms with Crippen molar-refractivity contribution in [1.29, 1.82) is 0 Å². The summed E-state index contributed by atoms with van der Waals surface area (Å²) in [7, 11) is 1.94. The van der Waals surface area contributed by atoms with E-state index >= 15 is 0 Å². The molecule has 3 aromatic rings. The van der Waals surface area contributed by atoms with E-state index in [1.165, 1.54) is 0 Å². The first-order valence-corrected chi connectivity index (χ1v) is 13.2. The van der Waals surface area contributed by atoms with Crippen LogP contribution in [0.25, 0.3) is 0 Å². The molecule has 194 valence electrons. The standard InChI is InChI=1S/C29H34N4O4/c1-30-23(17-32-14-20-12-22(16-32)24-8-5-9-28(35)33(24)15-20)13-26(34)29(36)25(30)18-31-10-11-37-27(19-31)21-6-3-2-4-7-21/h2-9,13,20,22,27,36H,10-12,14-19H2,1H3/t20-,22+,27+/m1/s1. The van der Waals surface area contributed by atoms with Crippen molar-refractivity contribution in [3.63, 3.8) is 0 Å². The number of ether oxygens (including phenoxy) is 1. The van der Waals surface area contributed by atoms with Crippen molar-refractivity contribution in [2.24, 2.45) is 13.0 Å². The lowest BCUT2D eigenvalue weighted by Crippen LogP contribution is -2.47. The third kappa shape index (κ3) is 4.77. The number of aromatic hydroxyl groups is 1. The fourth-order valence-corrected chi connectivity index (χ4v) is 6.40. The molecule has 0 spiro atoms. The second-order valence-electron chi connectivity index (χ2n) is 10.8. The van der Waals surface area contributed by atoms with Crippen LogP contribution in [0.4, 0.5) is 0 Å². The monoisotopic (exact) mass is 502 g/mol. The number of hydrogen-bond acceptors (Lipinski definition) is 6. The van der Waals surface area contributed by atoms with Crippen LogP contribution in [0.3, 0.4) is 0 Å². The van der Waals surface area contributed by atoms with E-state index in [0.29, 0.717) is 43.8 Å². The number of pyridine rings is 2. The SMILES string of the molecule is Cn1c(CN2C[C@H]3C[C@@H](C2)c2cccc(=O)n2C3)cc(=O)c(O)c1CN1CCO[C@H](c2ccccc2)C1. The zero-order valence-corrected chi connectivity index (χ0v) is 21.3. The highest BCUT2D eigenvalue weighted by Gasteiger charge is 2.35. The van der Waals surface area contributed by atoms with Crippen LogP contribution >= 0.6 is 0 Å². The normalized spacial score (nSPS) is 24.1. The summed E-state index contributed by atoms with van der Waals surface area (Å²) in [5, 5.41) is 10.8. The minimum absolute atomic E-state index is 0.0274. The van der Waals surface area contributed by atoms with Gasteiger partial charge >= 0.3 is 0 Å². The summed E-state index contributed by atoms with van der Waals surface area (Å²) in [6.07, 6.45) is 1.07. The van der Waals surface area contributed by atoms with Crippen molar-refractivity contribution in [2.75, 3.05) is 32.8 Å². The fraction of sp³-hybridized carbons (Fsp3) is 0.448. The zero-order chi connectivity index (χ0) is 25.5. The molecular formula is C29H34N4O4. The number of piperidine rings is 1. The maximum atomic E-state index is 12.8. The van der Waals surface area contributed by atoms with Crippen LogP contribution in [-0.2, 0) is 31.4 Å². The van der Waals surface area contributed by atoms with E-state index in [1.807, 2.05) is 40.4 Å². The minimum atomic E-state index is -0.329. The smallest absolute Gasteiger partial charge is 0.250 e. The summed E-state index contributed by atoms with van der Waals surface area (Å²) in [5.41, 5.74) is 3.56. The quantitative estimate of drug-likeness (QED) is 0.578. The molecule has 8 nitrogen and oxygen atoms in total. The molecule has 0 saturated carbocycles. The van der Waals surface area contributed by atoms with Gasteiger partial charge < -0.3 is 19.0 Å². The van der Waals surface area contributed by atoms with E-state index in [2.05, 4.69) is 28.0 Å². The van der Waals surface area contributed by atoms with E-state index in [9.17, 15) is 14.7 Å². The summed E-state index contributed by atoms with van der Waals surface area (Å²) < 4.78 is 9.94. The highest BCUT2D eigenvalue weighted by atomic mass is 16.5. The lowest BCUT2D eigenvalue weighted by molar-refractivity contribution is -0.0338. The average molecular weight is 503 g/mol. The molecule has 5 heterocycles. The van der Waals surface area contributed by atoms with Crippen molar-refractivity contribution in [1.82, 2.24) is 18.9 Å². The Morgan fingerprint density at radius 1 is 0.946 bits per heavy atom. The highest BCUT2D eigenvalue weighted by Crippen LogP contribution is 2.35. The molecule has 0 amide bonds. The molecule has 3 aliphatic rings. The predicted octanol–water partition coefficient (Wildman–Crippen LogP) is 2.45. The van der Waals surface area contributed by atoms with Gasteiger partial charge in [0.05, 0.1) is 18.4 Å². The van der Waals surface area contributed by atoms with Crippen molar-refractivity contribution >= 4 is 0 Å². The number of aromatic nitrogens is 2. The van der Waals surface area contributed by atoms with Crippen LogP contribution in [0, 0.1) is 5.92 Å². The van der Waals surface area contributed by atoms with Gasteiger partial charge in [0.15, 0.2) is 5.75 Å². The molecule has 8 heteroatoms. The number of hydrogen-bond donors (Lipinski definition) is 1. The maximum absolute atomic E-state index is 12.8. The van der Waals surface area contributed by atoms with Gasteiger partial charge in [-0.1, -0.05) is 36.4 Å². The molecular weight excluding hydrogens is 468 g/mol. The molecule has 0 unspecified atom stereocenters. The first-order chi connectivity index (χ1) is 18.0. The number of likely N-dealkylation sites (tertiary alicyclic amines) is 1. The number of nitrogens with zero attached hydrogens (tertiary/aromatic N) is 4. The minimum Gasteiger partial charge on any atom is -0.503 e. The predicted molar refractivity (Wildman–Crippen MR) is 141 cm³/mol. The molecule has 6 rings (SSSR count). The Balaban J connectivity index is 1.21. The van der Waals surface area contributed by atoms with Gasteiger partial charge in [-0.2, -0.15) is 0 Å². The van der Waals surface area contributed by atoms with Gasteiger partial charge in [-0.25, -0.2) is 0 Å². The maximum Gasteiger partial charge on any atom is 0.250 e. The summed E-state index contributed by atoms with van der Waals surface area (Å²) in [6.45, 7) is 5.68. The second-order valence-corrected chi connectivity index (χ2v) is 10.8. The Morgan fingerprint density at radius 2 is 1.78 bits per heavy atom. The molecule has 2 saturated heterocycles. The van der Waals surface area contributed by atoms with Gasteiger partial charge in [0.1, 0.15) is 0 Å². The fourth-order valence-electron chi connectivity index (χ4n) is 6.40. The molecule has 1 aromatic carbocycles. The first kappa shape index (κ1) is 24.2. The third-order valence-corrected chi connectivity index (χ3v) is 8.28. The molecule has 0 aliphatic carbocycles. The van der Waals surface area contributed by atoms with Crippen molar-refractivity contribution in [3.05, 3.63) is 97.8 Å². The summed E-state index contributed by atoms with van der Waals surface area (Å²) >= 11 is 0. The van der Waals surface area contributed by atoms with Crippen LogP contribution in [-0.4, -0.2) is 56.8 Å². The van der Waals surface area contributed by atoms with Gasteiger partial charge in [-0.3, -0.25) is 19.4 Å². The summed E-state index contributed by atoms with van der Waals surface area (Å²) in [4.78, 5) is 29.8. The number of rotatable bonds is 5. The van der Waals surface area contributed by atoms with Crippen LogP contribution in [0.1, 0.15) is 41.1 Å². The van der Waals surface area contributed by atoms with Gasteiger partial charge in [0.2, 0.25) is 5.43 Å². The van der Waals surface area contributed by atoms with Crippen LogP contribution in [0.5, 0.6) is 5.75 Å². The van der Waals surface area contributed by atoms with Gasteiger partial charge in [0, 0.05) is 82.3 Å². The lowest BCUT2D eigenvalue weighted by atomic mass is 9.83. The molecule has 2 aromatic heterocycles. The van der Waals surface area contributed by atoms with Crippen LogP contribution < -0.4 is 11.0 Å². The topological polar surface area (TPSA) is 79.9 Å². The van der Waals surface area contributed by atoms with E-state index in [1.54, 1.807) is 12.1 Å². The van der Waals surface area contributed by atoms with E-state index in [-0.39, 0.29) is 22.8 Å². The van der Waals surface area contributed by atoms with Crippen molar-refractivity contribution in [2.45, 2.75) is 38.1 Å². The van der Waals surface area contributed by atoms with Crippen LogP contribution in [0.15, 0.2) is 64.2 Å². The van der Waals surface area contributed by atoms with Gasteiger partial charge in [0.25, 0.3) is 5.56 Å². The highest BCUT2D eigenvalue weighted by molar-refractivity contribution is 5.30. The van der Waals surface area contributed by atoms with E-state index in [4.69, 9.17) is 4.74 Å². The first-order valence-electron chi connectivity index (χ1n) is 13.2. The molecule has 2 fully saturated rings. The Kier molecular flexibility index (Phi) is 6.48. The molecule has 3 aliphatic heterocycles. The Morgan fingerprint density at radius 3 is 2.62 bits per heavy atom. The van der Waals surface area contributed by atoms with Gasteiger partial charge in [-0.05, 0) is 24.0 Å². The van der Waals surface area contributed by atoms with Crippen LogP contribution in [0.2, 0.25) is 0 Å². The zero-order valence-electron chi connectivity index (χ0n) is 21.3. The Labute approximate surface area is 216 Å². The second kappa shape index (κ2) is 9.93. The average Bonchev–Trinajstić information content (AvgIpc) is 2.91. The molecule has 0 radical (unpaired) electrons. The third-order valence-electron chi connectivity index (χ3n) is 8.28. The largest absolute Gasteiger partial charge is 0.503 e. The van der Waals surface area contributed by atoms with Gasteiger partial charge in [-0.15, -0.1) is 0 Å².